The maximum absolute atomic E-state index is 12.6. The van der Waals surface area contributed by atoms with Crippen molar-refractivity contribution in [2.75, 3.05) is 11.9 Å². The van der Waals surface area contributed by atoms with E-state index in [9.17, 15) is 4.79 Å². The van der Waals surface area contributed by atoms with Crippen LogP contribution in [0.25, 0.3) is 0 Å². The van der Waals surface area contributed by atoms with Gasteiger partial charge in [-0.2, -0.15) is 0 Å². The number of anilines is 1. The summed E-state index contributed by atoms with van der Waals surface area (Å²) in [5, 5.41) is 3.74. The highest BCUT2D eigenvalue weighted by atomic mass is 16.2. The summed E-state index contributed by atoms with van der Waals surface area (Å²) in [7, 11) is 0. The molecule has 3 heteroatoms. The third kappa shape index (κ3) is 3.88. The van der Waals surface area contributed by atoms with Gasteiger partial charge >= 0.3 is 0 Å². The van der Waals surface area contributed by atoms with E-state index >= 15 is 0 Å². The lowest BCUT2D eigenvalue weighted by atomic mass is 9.75. The zero-order chi connectivity index (χ0) is 16.2. The minimum absolute atomic E-state index is 0.370. The number of hydrogen-bond donors (Lipinski definition) is 1. The molecule has 0 bridgehead atoms. The number of nitrogens with one attached hydrogen (secondary N) is 1. The van der Waals surface area contributed by atoms with Crippen LogP contribution in [0.15, 0.2) is 30.3 Å². The van der Waals surface area contributed by atoms with Crippen LogP contribution >= 0.6 is 0 Å². The number of para-hydroxylation sites is 1. The molecular weight excluding hydrogens is 284 g/mol. The molecule has 1 aromatic carbocycles. The van der Waals surface area contributed by atoms with Gasteiger partial charge in [-0.05, 0) is 43.2 Å². The highest BCUT2D eigenvalue weighted by molar-refractivity contribution is 5.77. The number of amides is 1. The van der Waals surface area contributed by atoms with Gasteiger partial charge in [-0.25, -0.2) is 0 Å². The van der Waals surface area contributed by atoms with Crippen LogP contribution in [0.1, 0.15) is 52.4 Å². The van der Waals surface area contributed by atoms with Crippen LogP contribution in [0.2, 0.25) is 0 Å². The SMILES string of the molecule is CC(C)CC(=O)N1CCC(Nc2ccccc2)C2CCCCC21. The van der Waals surface area contributed by atoms with E-state index in [4.69, 9.17) is 0 Å². The molecule has 1 aliphatic carbocycles. The van der Waals surface area contributed by atoms with Crippen molar-refractivity contribution in [3.05, 3.63) is 30.3 Å². The van der Waals surface area contributed by atoms with E-state index in [-0.39, 0.29) is 0 Å². The number of carbonyl (C=O) groups is 1. The highest BCUT2D eigenvalue weighted by Gasteiger charge is 2.41. The predicted molar refractivity (Wildman–Crippen MR) is 95.4 cm³/mol. The van der Waals surface area contributed by atoms with E-state index in [2.05, 4.69) is 54.4 Å². The monoisotopic (exact) mass is 314 g/mol. The lowest BCUT2D eigenvalue weighted by molar-refractivity contribution is -0.138. The van der Waals surface area contributed by atoms with Crippen LogP contribution in [0.3, 0.4) is 0 Å². The Balaban J connectivity index is 1.71. The van der Waals surface area contributed by atoms with Crippen LogP contribution in [-0.2, 0) is 4.79 Å². The molecule has 3 nitrogen and oxygen atoms in total. The molecule has 3 atom stereocenters. The Bertz CT molecular complexity index is 514. The zero-order valence-electron chi connectivity index (χ0n) is 14.5. The molecule has 1 aromatic rings. The fourth-order valence-corrected chi connectivity index (χ4v) is 4.36. The lowest BCUT2D eigenvalue weighted by Gasteiger charge is -2.48. The quantitative estimate of drug-likeness (QED) is 0.898. The molecule has 1 N–H and O–H groups in total. The van der Waals surface area contributed by atoms with E-state index in [1.165, 1.54) is 31.4 Å². The van der Waals surface area contributed by atoms with E-state index in [1.807, 2.05) is 0 Å². The molecule has 1 saturated carbocycles. The molecule has 1 aliphatic heterocycles. The molecule has 0 spiro atoms. The second-order valence-corrected chi connectivity index (χ2v) is 7.61. The number of carbonyl (C=O) groups excluding carboxylic acids is 1. The van der Waals surface area contributed by atoms with Crippen molar-refractivity contribution in [1.82, 2.24) is 4.90 Å². The first kappa shape index (κ1) is 16.4. The summed E-state index contributed by atoms with van der Waals surface area (Å²) in [6, 6.07) is 11.5. The second-order valence-electron chi connectivity index (χ2n) is 7.61. The van der Waals surface area contributed by atoms with Gasteiger partial charge in [0, 0.05) is 30.7 Å². The van der Waals surface area contributed by atoms with E-state index < -0.39 is 0 Å². The fourth-order valence-electron chi connectivity index (χ4n) is 4.36. The van der Waals surface area contributed by atoms with E-state index in [0.29, 0.717) is 36.2 Å². The number of benzene rings is 1. The van der Waals surface area contributed by atoms with Crippen molar-refractivity contribution in [3.63, 3.8) is 0 Å². The Kier molecular flexibility index (Phi) is 5.24. The Labute approximate surface area is 140 Å². The second kappa shape index (κ2) is 7.37. The average Bonchev–Trinajstić information content (AvgIpc) is 2.55. The number of hydrogen-bond acceptors (Lipinski definition) is 2. The van der Waals surface area contributed by atoms with Gasteiger partial charge in [0.15, 0.2) is 0 Å². The van der Waals surface area contributed by atoms with Crippen LogP contribution < -0.4 is 5.32 Å². The number of likely N-dealkylation sites (tertiary alicyclic amines) is 1. The Morgan fingerprint density at radius 3 is 2.65 bits per heavy atom. The summed E-state index contributed by atoms with van der Waals surface area (Å²) in [4.78, 5) is 14.8. The van der Waals surface area contributed by atoms with Gasteiger partial charge in [0.25, 0.3) is 0 Å². The molecule has 0 radical (unpaired) electrons. The Hall–Kier alpha value is -1.51. The molecule has 1 amide bonds. The molecule has 3 unspecified atom stereocenters. The highest BCUT2D eigenvalue weighted by Crippen LogP contribution is 2.37. The molecule has 2 fully saturated rings. The zero-order valence-corrected chi connectivity index (χ0v) is 14.5. The fraction of sp³-hybridized carbons (Fsp3) is 0.650. The third-order valence-electron chi connectivity index (χ3n) is 5.41. The molecular formula is C20H30N2O. The largest absolute Gasteiger partial charge is 0.382 e. The summed E-state index contributed by atoms with van der Waals surface area (Å²) < 4.78 is 0. The standard InChI is InChI=1S/C20H30N2O/c1-15(2)14-20(23)22-13-12-18(17-10-6-7-11-19(17)22)21-16-8-4-3-5-9-16/h3-5,8-9,15,17-19,21H,6-7,10-14H2,1-2H3. The number of rotatable bonds is 4. The van der Waals surface area contributed by atoms with E-state index in [0.717, 1.165) is 13.0 Å². The van der Waals surface area contributed by atoms with E-state index in [1.54, 1.807) is 0 Å². The van der Waals surface area contributed by atoms with Crippen molar-refractivity contribution in [2.24, 2.45) is 11.8 Å². The van der Waals surface area contributed by atoms with Gasteiger partial charge in [-0.15, -0.1) is 0 Å². The van der Waals surface area contributed by atoms with Crippen LogP contribution in [-0.4, -0.2) is 29.4 Å². The van der Waals surface area contributed by atoms with Crippen LogP contribution in [0.4, 0.5) is 5.69 Å². The van der Waals surface area contributed by atoms with Crippen molar-refractivity contribution < 1.29 is 4.79 Å². The average molecular weight is 314 g/mol. The first-order valence-electron chi connectivity index (χ1n) is 9.26. The molecule has 1 saturated heterocycles. The topological polar surface area (TPSA) is 32.3 Å². The molecule has 23 heavy (non-hydrogen) atoms. The summed E-state index contributed by atoms with van der Waals surface area (Å²) in [6.07, 6.45) is 6.77. The van der Waals surface area contributed by atoms with Gasteiger partial charge in [0.2, 0.25) is 5.91 Å². The summed E-state index contributed by atoms with van der Waals surface area (Å²) in [6.45, 7) is 5.19. The number of piperidine rings is 1. The van der Waals surface area contributed by atoms with Crippen molar-refractivity contribution in [3.8, 4) is 0 Å². The summed E-state index contributed by atoms with van der Waals surface area (Å²) in [5.41, 5.74) is 1.21. The van der Waals surface area contributed by atoms with Gasteiger partial charge in [0.1, 0.15) is 0 Å². The summed E-state index contributed by atoms with van der Waals surface area (Å²) >= 11 is 0. The Morgan fingerprint density at radius 2 is 1.91 bits per heavy atom. The van der Waals surface area contributed by atoms with Crippen LogP contribution in [0.5, 0.6) is 0 Å². The minimum Gasteiger partial charge on any atom is -0.382 e. The lowest BCUT2D eigenvalue weighted by Crippen LogP contribution is -2.56. The van der Waals surface area contributed by atoms with Crippen molar-refractivity contribution in [1.29, 1.82) is 0 Å². The minimum atomic E-state index is 0.370. The van der Waals surface area contributed by atoms with Crippen molar-refractivity contribution >= 4 is 11.6 Å². The van der Waals surface area contributed by atoms with Gasteiger partial charge < -0.3 is 10.2 Å². The smallest absolute Gasteiger partial charge is 0.223 e. The normalized spacial score (nSPS) is 27.6. The summed E-state index contributed by atoms with van der Waals surface area (Å²) in [5.74, 6) is 1.42. The predicted octanol–water partition coefficient (Wildman–Crippen LogP) is 4.30. The molecule has 2 aliphatic rings. The molecule has 0 aromatic heterocycles. The van der Waals surface area contributed by atoms with Crippen LogP contribution in [0, 0.1) is 11.8 Å². The van der Waals surface area contributed by atoms with Gasteiger partial charge in [0.05, 0.1) is 0 Å². The maximum atomic E-state index is 12.6. The molecule has 3 rings (SSSR count). The Morgan fingerprint density at radius 1 is 1.17 bits per heavy atom. The third-order valence-corrected chi connectivity index (χ3v) is 5.41. The first-order chi connectivity index (χ1) is 11.1. The van der Waals surface area contributed by atoms with Crippen molar-refractivity contribution in [2.45, 2.75) is 64.5 Å². The van der Waals surface area contributed by atoms with Gasteiger partial charge in [-0.3, -0.25) is 4.79 Å². The maximum Gasteiger partial charge on any atom is 0.223 e. The molecule has 1 heterocycles. The van der Waals surface area contributed by atoms with Gasteiger partial charge in [-0.1, -0.05) is 44.9 Å². The number of nitrogens with zero attached hydrogens (tertiary/aromatic N) is 1. The molecule has 126 valence electrons. The number of fused-ring (bicyclic) bond motifs is 1. The first-order valence-corrected chi connectivity index (χ1v) is 9.26.